The molecule has 0 saturated heterocycles. The maximum atomic E-state index is 12.6. The van der Waals surface area contributed by atoms with Crippen LogP contribution in [0, 0.1) is 6.92 Å². The molecule has 0 bridgehead atoms. The van der Waals surface area contributed by atoms with Gasteiger partial charge in [-0.2, -0.15) is 5.10 Å². The first-order valence-corrected chi connectivity index (χ1v) is 9.46. The lowest BCUT2D eigenvalue weighted by molar-refractivity contribution is 0.0997. The topological polar surface area (TPSA) is 123 Å². The van der Waals surface area contributed by atoms with Crippen molar-refractivity contribution >= 4 is 17.6 Å². The lowest BCUT2D eigenvalue weighted by Gasteiger charge is -2.08. The molecule has 0 saturated carbocycles. The van der Waals surface area contributed by atoms with Gasteiger partial charge in [-0.25, -0.2) is 0 Å². The van der Waals surface area contributed by atoms with Crippen molar-refractivity contribution < 1.29 is 14.3 Å². The Bertz CT molecular complexity index is 1220. The van der Waals surface area contributed by atoms with Crippen molar-refractivity contribution in [1.82, 2.24) is 15.2 Å². The number of amides is 2. The van der Waals surface area contributed by atoms with Crippen molar-refractivity contribution in [3.8, 4) is 22.8 Å². The molecule has 0 aliphatic heterocycles. The van der Waals surface area contributed by atoms with E-state index in [0.29, 0.717) is 28.4 Å². The van der Waals surface area contributed by atoms with Crippen LogP contribution in [-0.2, 0) is 0 Å². The van der Waals surface area contributed by atoms with Gasteiger partial charge in [0.1, 0.15) is 11.5 Å². The summed E-state index contributed by atoms with van der Waals surface area (Å²) < 4.78 is 5.73. The van der Waals surface area contributed by atoms with E-state index < -0.39 is 5.91 Å². The Hall–Kier alpha value is -4.46. The van der Waals surface area contributed by atoms with E-state index in [1.54, 1.807) is 60.9 Å². The zero-order valence-corrected chi connectivity index (χ0v) is 16.6. The summed E-state index contributed by atoms with van der Waals surface area (Å²) in [4.78, 5) is 27.8. The van der Waals surface area contributed by atoms with E-state index in [-0.39, 0.29) is 5.91 Å². The summed E-state index contributed by atoms with van der Waals surface area (Å²) in [6, 6.07) is 16.9. The molecule has 4 N–H and O–H groups in total. The molecular weight excluding hydrogens is 394 g/mol. The smallest absolute Gasteiger partial charge is 0.256 e. The fraction of sp³-hybridized carbons (Fsp3) is 0.0435. The molecule has 0 atom stereocenters. The SMILES string of the molecule is Cc1c(NC(=O)c2ccc(Oc3ccc(C(N)=O)cc3)cc2)n[nH]c1-c1ccncc1. The molecule has 2 heterocycles. The second kappa shape index (κ2) is 8.50. The number of anilines is 1. The summed E-state index contributed by atoms with van der Waals surface area (Å²) in [7, 11) is 0. The maximum absolute atomic E-state index is 12.6. The number of H-pyrrole nitrogens is 1. The van der Waals surface area contributed by atoms with Crippen LogP contribution >= 0.6 is 0 Å². The number of hydrogen-bond donors (Lipinski definition) is 3. The van der Waals surface area contributed by atoms with Crippen LogP contribution in [-0.4, -0.2) is 27.0 Å². The highest BCUT2D eigenvalue weighted by molar-refractivity contribution is 6.04. The van der Waals surface area contributed by atoms with Crippen LogP contribution < -0.4 is 15.8 Å². The van der Waals surface area contributed by atoms with E-state index in [9.17, 15) is 9.59 Å². The summed E-state index contributed by atoms with van der Waals surface area (Å²) >= 11 is 0. The van der Waals surface area contributed by atoms with Crippen LogP contribution in [0.4, 0.5) is 5.82 Å². The Morgan fingerprint density at radius 3 is 2.06 bits per heavy atom. The van der Waals surface area contributed by atoms with Gasteiger partial charge in [0.25, 0.3) is 5.91 Å². The van der Waals surface area contributed by atoms with Gasteiger partial charge in [-0.1, -0.05) is 0 Å². The van der Waals surface area contributed by atoms with Crippen LogP contribution in [0.1, 0.15) is 26.3 Å². The fourth-order valence-electron chi connectivity index (χ4n) is 3.00. The summed E-state index contributed by atoms with van der Waals surface area (Å²) in [6.45, 7) is 1.88. The standard InChI is InChI=1S/C23H19N5O3/c1-14-20(15-10-12-25-13-11-15)27-28-22(14)26-23(30)17-4-8-19(9-5-17)31-18-6-2-16(3-7-18)21(24)29/h2-13H,1H3,(H2,24,29)(H2,26,27,28,30). The van der Waals surface area contributed by atoms with Crippen LogP contribution in [0.25, 0.3) is 11.3 Å². The van der Waals surface area contributed by atoms with Crippen molar-refractivity contribution in [3.05, 3.63) is 89.7 Å². The largest absolute Gasteiger partial charge is 0.457 e. The van der Waals surface area contributed by atoms with Crippen LogP contribution in [0.15, 0.2) is 73.1 Å². The molecule has 2 aromatic heterocycles. The highest BCUT2D eigenvalue weighted by atomic mass is 16.5. The van der Waals surface area contributed by atoms with E-state index in [4.69, 9.17) is 10.5 Å². The highest BCUT2D eigenvalue weighted by Gasteiger charge is 2.14. The van der Waals surface area contributed by atoms with Crippen molar-refractivity contribution in [2.24, 2.45) is 5.73 Å². The van der Waals surface area contributed by atoms with Gasteiger partial charge in [-0.05, 0) is 67.6 Å². The number of rotatable bonds is 6. The number of hydrogen-bond acceptors (Lipinski definition) is 5. The summed E-state index contributed by atoms with van der Waals surface area (Å²) in [5, 5.41) is 9.99. The van der Waals surface area contributed by atoms with Gasteiger partial charge >= 0.3 is 0 Å². The normalized spacial score (nSPS) is 10.5. The Balaban J connectivity index is 1.43. The van der Waals surface area contributed by atoms with Gasteiger partial charge in [0.05, 0.1) is 5.69 Å². The average Bonchev–Trinajstić information content (AvgIpc) is 3.15. The van der Waals surface area contributed by atoms with Crippen LogP contribution in [0.2, 0.25) is 0 Å². The highest BCUT2D eigenvalue weighted by Crippen LogP contribution is 2.26. The number of carbonyl (C=O) groups excluding carboxylic acids is 2. The van der Waals surface area contributed by atoms with Crippen molar-refractivity contribution in [3.63, 3.8) is 0 Å². The molecule has 0 fully saturated rings. The number of aromatic amines is 1. The van der Waals surface area contributed by atoms with Crippen LogP contribution in [0.5, 0.6) is 11.5 Å². The number of carbonyl (C=O) groups is 2. The van der Waals surface area contributed by atoms with Crippen molar-refractivity contribution in [2.75, 3.05) is 5.32 Å². The zero-order chi connectivity index (χ0) is 21.8. The molecule has 4 rings (SSSR count). The minimum Gasteiger partial charge on any atom is -0.457 e. The lowest BCUT2D eigenvalue weighted by atomic mass is 10.1. The number of aromatic nitrogens is 3. The number of nitrogens with zero attached hydrogens (tertiary/aromatic N) is 2. The first-order valence-electron chi connectivity index (χ1n) is 9.46. The number of ether oxygens (including phenoxy) is 1. The third kappa shape index (κ3) is 4.43. The molecule has 0 aliphatic rings. The Morgan fingerprint density at radius 1 is 0.903 bits per heavy atom. The summed E-state index contributed by atoms with van der Waals surface area (Å²) in [6.07, 6.45) is 3.40. The van der Waals surface area contributed by atoms with Gasteiger partial charge in [-0.3, -0.25) is 19.7 Å². The molecule has 154 valence electrons. The van der Waals surface area contributed by atoms with E-state index in [0.717, 1.165) is 16.8 Å². The monoisotopic (exact) mass is 413 g/mol. The zero-order valence-electron chi connectivity index (χ0n) is 16.6. The molecule has 0 unspecified atom stereocenters. The quantitative estimate of drug-likeness (QED) is 0.442. The Kier molecular flexibility index (Phi) is 5.44. The second-order valence-electron chi connectivity index (χ2n) is 6.78. The molecule has 0 aliphatic carbocycles. The predicted octanol–water partition coefficient (Wildman–Crippen LogP) is 3.92. The predicted molar refractivity (Wildman–Crippen MR) is 116 cm³/mol. The van der Waals surface area contributed by atoms with Gasteiger partial charge in [-0.15, -0.1) is 0 Å². The van der Waals surface area contributed by atoms with Gasteiger partial charge in [0.15, 0.2) is 5.82 Å². The second-order valence-corrected chi connectivity index (χ2v) is 6.78. The third-order valence-corrected chi connectivity index (χ3v) is 4.70. The van der Waals surface area contributed by atoms with Crippen molar-refractivity contribution in [1.29, 1.82) is 0 Å². The summed E-state index contributed by atoms with van der Waals surface area (Å²) in [5.41, 5.74) is 8.69. The minimum absolute atomic E-state index is 0.284. The first-order chi connectivity index (χ1) is 15.0. The molecule has 0 radical (unpaired) electrons. The lowest BCUT2D eigenvalue weighted by Crippen LogP contribution is -2.12. The molecule has 0 spiro atoms. The van der Waals surface area contributed by atoms with E-state index in [2.05, 4.69) is 20.5 Å². The molecule has 4 aromatic rings. The van der Waals surface area contributed by atoms with Crippen molar-refractivity contribution in [2.45, 2.75) is 6.92 Å². The van der Waals surface area contributed by atoms with Gasteiger partial charge in [0, 0.05) is 34.6 Å². The number of nitrogens with one attached hydrogen (secondary N) is 2. The van der Waals surface area contributed by atoms with Crippen LogP contribution in [0.3, 0.4) is 0 Å². The Morgan fingerprint density at radius 2 is 1.48 bits per heavy atom. The Labute approximate surface area is 178 Å². The van der Waals surface area contributed by atoms with Gasteiger partial charge in [0.2, 0.25) is 5.91 Å². The third-order valence-electron chi connectivity index (χ3n) is 4.70. The first kappa shape index (κ1) is 19.8. The number of benzene rings is 2. The fourth-order valence-corrected chi connectivity index (χ4v) is 3.00. The molecule has 31 heavy (non-hydrogen) atoms. The van der Waals surface area contributed by atoms with E-state index in [1.165, 1.54) is 0 Å². The molecule has 8 heteroatoms. The average molecular weight is 413 g/mol. The molecule has 2 aromatic carbocycles. The van der Waals surface area contributed by atoms with E-state index >= 15 is 0 Å². The van der Waals surface area contributed by atoms with E-state index in [1.807, 2.05) is 19.1 Å². The summed E-state index contributed by atoms with van der Waals surface area (Å²) in [5.74, 6) is 0.791. The molecule has 2 amide bonds. The number of primary amides is 1. The molecular formula is C23H19N5O3. The number of pyridine rings is 1. The minimum atomic E-state index is -0.498. The van der Waals surface area contributed by atoms with Gasteiger partial charge < -0.3 is 15.8 Å². The molecule has 8 nitrogen and oxygen atoms in total. The number of nitrogens with two attached hydrogens (primary N) is 1. The maximum Gasteiger partial charge on any atom is 0.256 e.